The summed E-state index contributed by atoms with van der Waals surface area (Å²) in [5.74, 6) is 0. The number of hydrogen-bond donors (Lipinski definition) is 4. The van der Waals surface area contributed by atoms with E-state index in [-0.39, 0.29) is 12.6 Å². The number of H-pyrrole nitrogens is 1. The number of aromatic amines is 1. The number of nitrogens with zero attached hydrogens (tertiary/aromatic N) is 2. The molecule has 2 aromatic heterocycles. The summed E-state index contributed by atoms with van der Waals surface area (Å²) in [6.45, 7) is 2.13. The Morgan fingerprint density at radius 3 is 2.62 bits per heavy atom. The first-order valence-electron chi connectivity index (χ1n) is 9.96. The number of aliphatic hydroxyl groups is 1. The molecule has 2 heterocycles. The van der Waals surface area contributed by atoms with Crippen LogP contribution in [0.4, 0.5) is 18.3 Å². The number of anilines is 1. The highest BCUT2D eigenvalue weighted by Gasteiger charge is 2.30. The number of thiazole rings is 1. The van der Waals surface area contributed by atoms with Crippen LogP contribution in [0.3, 0.4) is 0 Å². The molecule has 32 heavy (non-hydrogen) atoms. The Balaban J connectivity index is 1.43. The van der Waals surface area contributed by atoms with E-state index in [0.29, 0.717) is 23.8 Å². The Kier molecular flexibility index (Phi) is 6.18. The standard InChI is InChI=1S/C22H22F3N5OS/c1-12-17-9-14(4-7-18(17)30-29-12)20-19(11-31)28-21(32-20)27-10-16(26)8-13-2-5-15(6-3-13)22(23,24)25/h2-7,9,16,31H,8,10-11,26H2,1H3,(H,27,28)(H,29,30). The van der Waals surface area contributed by atoms with Crippen LogP contribution in [-0.2, 0) is 19.2 Å². The Hall–Kier alpha value is -2.95. The predicted octanol–water partition coefficient (Wildman–Crippen LogP) is 4.49. The third kappa shape index (κ3) is 4.77. The fourth-order valence-corrected chi connectivity index (χ4v) is 4.44. The Morgan fingerprint density at radius 1 is 1.19 bits per heavy atom. The molecule has 4 rings (SSSR count). The van der Waals surface area contributed by atoms with Crippen molar-refractivity contribution in [3.8, 4) is 10.4 Å². The molecule has 1 atom stereocenters. The van der Waals surface area contributed by atoms with E-state index in [1.54, 1.807) is 0 Å². The molecule has 0 fully saturated rings. The minimum absolute atomic E-state index is 0.201. The molecule has 0 amide bonds. The second-order valence-electron chi connectivity index (χ2n) is 7.57. The van der Waals surface area contributed by atoms with E-state index < -0.39 is 11.7 Å². The third-order valence-electron chi connectivity index (χ3n) is 5.15. The van der Waals surface area contributed by atoms with Gasteiger partial charge in [-0.1, -0.05) is 29.5 Å². The highest BCUT2D eigenvalue weighted by atomic mass is 32.1. The van der Waals surface area contributed by atoms with Crippen LogP contribution in [0.2, 0.25) is 0 Å². The van der Waals surface area contributed by atoms with Crippen molar-refractivity contribution in [1.82, 2.24) is 15.2 Å². The van der Waals surface area contributed by atoms with Gasteiger partial charge >= 0.3 is 6.18 Å². The summed E-state index contributed by atoms with van der Waals surface area (Å²) in [7, 11) is 0. The minimum Gasteiger partial charge on any atom is -0.390 e. The molecule has 0 aliphatic heterocycles. The third-order valence-corrected chi connectivity index (χ3v) is 6.25. The predicted molar refractivity (Wildman–Crippen MR) is 119 cm³/mol. The SMILES string of the molecule is Cc1[nH]nc2ccc(-c3sc(NCC(N)Cc4ccc(C(F)(F)F)cc4)nc3CO)cc12. The average Bonchev–Trinajstić information content (AvgIpc) is 3.35. The summed E-state index contributed by atoms with van der Waals surface area (Å²) in [5.41, 5.74) is 9.55. The van der Waals surface area contributed by atoms with Crippen LogP contribution in [0.1, 0.15) is 22.5 Å². The van der Waals surface area contributed by atoms with Crippen LogP contribution < -0.4 is 11.1 Å². The number of nitrogens with two attached hydrogens (primary N) is 1. The first-order valence-corrected chi connectivity index (χ1v) is 10.8. The maximum Gasteiger partial charge on any atom is 0.416 e. The fourth-order valence-electron chi connectivity index (χ4n) is 3.46. The molecule has 6 nitrogen and oxygen atoms in total. The van der Waals surface area contributed by atoms with E-state index >= 15 is 0 Å². The van der Waals surface area contributed by atoms with E-state index in [9.17, 15) is 18.3 Å². The van der Waals surface area contributed by atoms with E-state index in [0.717, 1.165) is 44.7 Å². The lowest BCUT2D eigenvalue weighted by Gasteiger charge is -2.13. The summed E-state index contributed by atoms with van der Waals surface area (Å²) in [5, 5.41) is 21.8. The number of hydrogen-bond acceptors (Lipinski definition) is 6. The summed E-state index contributed by atoms with van der Waals surface area (Å²) < 4.78 is 38.1. The van der Waals surface area contributed by atoms with Crippen LogP contribution in [-0.4, -0.2) is 32.9 Å². The normalized spacial score (nSPS) is 12.9. The van der Waals surface area contributed by atoms with Gasteiger partial charge in [0.25, 0.3) is 0 Å². The zero-order chi connectivity index (χ0) is 22.9. The van der Waals surface area contributed by atoms with Gasteiger partial charge in [0.1, 0.15) is 0 Å². The lowest BCUT2D eigenvalue weighted by molar-refractivity contribution is -0.137. The molecular weight excluding hydrogens is 439 g/mol. The van der Waals surface area contributed by atoms with Crippen molar-refractivity contribution in [2.24, 2.45) is 5.73 Å². The maximum absolute atomic E-state index is 12.7. The summed E-state index contributed by atoms with van der Waals surface area (Å²) in [6.07, 6.45) is -3.93. The Morgan fingerprint density at radius 2 is 1.94 bits per heavy atom. The van der Waals surface area contributed by atoms with Crippen molar-refractivity contribution in [2.45, 2.75) is 32.2 Å². The van der Waals surface area contributed by atoms with Gasteiger partial charge in [-0.25, -0.2) is 4.98 Å². The number of benzene rings is 2. The highest BCUT2D eigenvalue weighted by Crippen LogP contribution is 2.35. The van der Waals surface area contributed by atoms with Crippen LogP contribution in [0.25, 0.3) is 21.3 Å². The van der Waals surface area contributed by atoms with Crippen LogP contribution in [0, 0.1) is 6.92 Å². The van der Waals surface area contributed by atoms with E-state index in [4.69, 9.17) is 5.73 Å². The minimum atomic E-state index is -4.35. The number of alkyl halides is 3. The monoisotopic (exact) mass is 461 g/mol. The van der Waals surface area contributed by atoms with Crippen LogP contribution >= 0.6 is 11.3 Å². The molecule has 0 saturated heterocycles. The number of aryl methyl sites for hydroxylation is 1. The smallest absolute Gasteiger partial charge is 0.390 e. The van der Waals surface area contributed by atoms with E-state index in [1.165, 1.54) is 23.5 Å². The van der Waals surface area contributed by atoms with Crippen molar-refractivity contribution in [1.29, 1.82) is 0 Å². The topological polar surface area (TPSA) is 99.9 Å². The molecule has 0 bridgehead atoms. The number of nitrogens with one attached hydrogen (secondary N) is 2. The second-order valence-corrected chi connectivity index (χ2v) is 8.57. The maximum atomic E-state index is 12.7. The fraction of sp³-hybridized carbons (Fsp3) is 0.273. The molecule has 0 aliphatic rings. The first-order chi connectivity index (χ1) is 15.2. The number of rotatable bonds is 7. The second kappa shape index (κ2) is 8.89. The number of halogens is 3. The zero-order valence-electron chi connectivity index (χ0n) is 17.2. The number of fused-ring (bicyclic) bond motifs is 1. The molecule has 0 aliphatic carbocycles. The number of aromatic nitrogens is 3. The van der Waals surface area contributed by atoms with Crippen molar-refractivity contribution in [3.05, 3.63) is 65.0 Å². The van der Waals surface area contributed by atoms with Crippen molar-refractivity contribution < 1.29 is 18.3 Å². The number of aliphatic hydroxyl groups excluding tert-OH is 1. The van der Waals surface area contributed by atoms with Crippen molar-refractivity contribution in [3.63, 3.8) is 0 Å². The van der Waals surface area contributed by atoms with Gasteiger partial charge in [0.05, 0.1) is 28.3 Å². The molecule has 1 unspecified atom stereocenters. The van der Waals surface area contributed by atoms with Crippen LogP contribution in [0.15, 0.2) is 42.5 Å². The van der Waals surface area contributed by atoms with Crippen molar-refractivity contribution >= 4 is 27.4 Å². The van der Waals surface area contributed by atoms with Crippen molar-refractivity contribution in [2.75, 3.05) is 11.9 Å². The quantitative estimate of drug-likeness (QED) is 0.325. The van der Waals surface area contributed by atoms with Gasteiger partial charge < -0.3 is 16.2 Å². The zero-order valence-corrected chi connectivity index (χ0v) is 18.0. The summed E-state index contributed by atoms with van der Waals surface area (Å²) in [6, 6.07) is 10.6. The highest BCUT2D eigenvalue weighted by molar-refractivity contribution is 7.19. The van der Waals surface area contributed by atoms with Gasteiger partial charge in [0.2, 0.25) is 0 Å². The molecular formula is C22H22F3N5OS. The summed E-state index contributed by atoms with van der Waals surface area (Å²) >= 11 is 1.41. The molecule has 4 aromatic rings. The van der Waals surface area contributed by atoms with Gasteiger partial charge in [-0.15, -0.1) is 0 Å². The molecule has 0 saturated carbocycles. The Bertz CT molecular complexity index is 1220. The van der Waals surface area contributed by atoms with Gasteiger partial charge in [0, 0.05) is 23.7 Å². The first kappa shape index (κ1) is 22.3. The molecule has 168 valence electrons. The molecule has 10 heteroatoms. The van der Waals surface area contributed by atoms with Gasteiger partial charge in [-0.05, 0) is 48.7 Å². The molecule has 5 N–H and O–H groups in total. The largest absolute Gasteiger partial charge is 0.416 e. The molecule has 0 spiro atoms. The lowest BCUT2D eigenvalue weighted by atomic mass is 10.0. The molecule has 0 radical (unpaired) electrons. The Labute approximate surface area is 186 Å². The van der Waals surface area contributed by atoms with E-state index in [1.807, 2.05) is 25.1 Å². The molecule has 2 aromatic carbocycles. The lowest BCUT2D eigenvalue weighted by Crippen LogP contribution is -2.31. The van der Waals surface area contributed by atoms with E-state index in [2.05, 4.69) is 20.5 Å². The van der Waals surface area contributed by atoms with Gasteiger partial charge in [0.15, 0.2) is 5.13 Å². The van der Waals surface area contributed by atoms with Crippen LogP contribution in [0.5, 0.6) is 0 Å². The summed E-state index contributed by atoms with van der Waals surface area (Å²) in [4.78, 5) is 5.32. The average molecular weight is 462 g/mol. The van der Waals surface area contributed by atoms with Gasteiger partial charge in [-0.3, -0.25) is 5.10 Å². The van der Waals surface area contributed by atoms with Gasteiger partial charge in [-0.2, -0.15) is 18.3 Å².